The zero-order chi connectivity index (χ0) is 17.3. The van der Waals surface area contributed by atoms with Crippen LogP contribution in [0.25, 0.3) is 0 Å². The quantitative estimate of drug-likeness (QED) is 0.862. The Morgan fingerprint density at radius 1 is 1.17 bits per heavy atom. The summed E-state index contributed by atoms with van der Waals surface area (Å²) in [5.41, 5.74) is -0.937. The number of nitrogens with one attached hydrogen (secondary N) is 2. The number of hydrogen-bond acceptors (Lipinski definition) is 4. The molecule has 1 aromatic heterocycles. The van der Waals surface area contributed by atoms with Crippen LogP contribution in [0.2, 0.25) is 5.02 Å². The third-order valence-electron chi connectivity index (χ3n) is 2.62. The second-order valence-corrected chi connectivity index (χ2v) is 6.80. The fourth-order valence-corrected chi connectivity index (χ4v) is 2.46. The molecule has 1 aromatic carbocycles. The van der Waals surface area contributed by atoms with Crippen LogP contribution in [-0.2, 0) is 16.2 Å². The third kappa shape index (κ3) is 5.00. The van der Waals surface area contributed by atoms with Gasteiger partial charge in [-0.05, 0) is 30.3 Å². The van der Waals surface area contributed by atoms with Gasteiger partial charge in [0.2, 0.25) is 10.0 Å². The minimum Gasteiger partial charge on any atom is -0.340 e. The Hall–Kier alpha value is -2.00. The Kier molecular flexibility index (Phi) is 4.71. The lowest BCUT2D eigenvalue weighted by atomic mass is 10.1. The third-order valence-corrected chi connectivity index (χ3v) is 3.46. The van der Waals surface area contributed by atoms with Crippen LogP contribution < -0.4 is 10.0 Å². The molecule has 2 N–H and O–H groups in total. The van der Waals surface area contributed by atoms with E-state index in [9.17, 15) is 21.6 Å². The number of pyridine rings is 1. The lowest BCUT2D eigenvalue weighted by Gasteiger charge is -2.14. The SMILES string of the molecule is CS(=O)(=O)Nc1ccc(Nc2ccc(Cl)cc2C(F)(F)F)nc1. The van der Waals surface area contributed by atoms with E-state index in [0.29, 0.717) is 0 Å². The molecule has 5 nitrogen and oxygen atoms in total. The molecule has 0 unspecified atom stereocenters. The van der Waals surface area contributed by atoms with Crippen LogP contribution >= 0.6 is 11.6 Å². The molecule has 0 amide bonds. The zero-order valence-corrected chi connectivity index (χ0v) is 13.2. The maximum atomic E-state index is 13.0. The topological polar surface area (TPSA) is 71.1 Å². The largest absolute Gasteiger partial charge is 0.418 e. The average Bonchev–Trinajstić information content (AvgIpc) is 2.40. The number of hydrogen-bond donors (Lipinski definition) is 2. The molecule has 2 aromatic rings. The molecule has 0 aliphatic rings. The Morgan fingerprint density at radius 3 is 2.39 bits per heavy atom. The van der Waals surface area contributed by atoms with Crippen LogP contribution in [0.3, 0.4) is 0 Å². The Bertz CT molecular complexity index is 808. The van der Waals surface area contributed by atoms with Crippen LogP contribution in [0.5, 0.6) is 0 Å². The first-order chi connectivity index (χ1) is 10.5. The van der Waals surface area contributed by atoms with Gasteiger partial charge in [-0.15, -0.1) is 0 Å². The molecule has 10 heteroatoms. The van der Waals surface area contributed by atoms with E-state index in [4.69, 9.17) is 11.6 Å². The fourth-order valence-electron chi connectivity index (χ4n) is 1.74. The molecule has 0 aliphatic heterocycles. The van der Waals surface area contributed by atoms with E-state index in [1.54, 1.807) is 0 Å². The molecule has 0 atom stereocenters. The molecule has 2 rings (SSSR count). The van der Waals surface area contributed by atoms with Crippen molar-refractivity contribution in [1.29, 1.82) is 0 Å². The van der Waals surface area contributed by atoms with Gasteiger partial charge in [0, 0.05) is 5.02 Å². The number of aromatic nitrogens is 1. The minimum atomic E-state index is -4.58. The summed E-state index contributed by atoms with van der Waals surface area (Å²) in [5.74, 6) is 0.122. The smallest absolute Gasteiger partial charge is 0.340 e. The number of halogens is 4. The van der Waals surface area contributed by atoms with E-state index in [1.165, 1.54) is 30.5 Å². The van der Waals surface area contributed by atoms with Gasteiger partial charge in [0.15, 0.2) is 0 Å². The van der Waals surface area contributed by atoms with Crippen LogP contribution in [0.15, 0.2) is 36.5 Å². The molecule has 0 bridgehead atoms. The van der Waals surface area contributed by atoms with E-state index in [2.05, 4.69) is 15.0 Å². The predicted octanol–water partition coefficient (Wildman–Crippen LogP) is 3.87. The Morgan fingerprint density at radius 2 is 1.87 bits per heavy atom. The van der Waals surface area contributed by atoms with E-state index in [0.717, 1.165) is 12.3 Å². The number of nitrogens with zero attached hydrogens (tertiary/aromatic N) is 1. The number of alkyl halides is 3. The lowest BCUT2D eigenvalue weighted by Crippen LogP contribution is -2.10. The summed E-state index contributed by atoms with van der Waals surface area (Å²) in [7, 11) is -3.45. The predicted molar refractivity (Wildman–Crippen MR) is 82.4 cm³/mol. The second kappa shape index (κ2) is 6.25. The monoisotopic (exact) mass is 365 g/mol. The van der Waals surface area contributed by atoms with Gasteiger partial charge in [-0.25, -0.2) is 13.4 Å². The van der Waals surface area contributed by atoms with Crippen molar-refractivity contribution in [3.8, 4) is 0 Å². The first-order valence-corrected chi connectivity index (χ1v) is 8.39. The number of rotatable bonds is 4. The first kappa shape index (κ1) is 17.4. The molecule has 0 spiro atoms. The normalized spacial score (nSPS) is 12.0. The van der Waals surface area contributed by atoms with Crippen molar-refractivity contribution in [3.63, 3.8) is 0 Å². The molecule has 0 aliphatic carbocycles. The molecular formula is C13H11ClF3N3O2S. The number of benzene rings is 1. The van der Waals surface area contributed by atoms with E-state index < -0.39 is 21.8 Å². The molecule has 0 saturated heterocycles. The highest BCUT2D eigenvalue weighted by atomic mass is 35.5. The van der Waals surface area contributed by atoms with Gasteiger partial charge in [-0.2, -0.15) is 13.2 Å². The Balaban J connectivity index is 2.26. The molecule has 23 heavy (non-hydrogen) atoms. The number of sulfonamides is 1. The van der Waals surface area contributed by atoms with Gasteiger partial charge < -0.3 is 5.32 Å². The summed E-state index contributed by atoms with van der Waals surface area (Å²) in [5, 5.41) is 2.49. The second-order valence-electron chi connectivity index (χ2n) is 4.62. The summed E-state index contributed by atoms with van der Waals surface area (Å²) in [6, 6.07) is 6.04. The maximum Gasteiger partial charge on any atom is 0.418 e. The van der Waals surface area contributed by atoms with Crippen molar-refractivity contribution in [2.24, 2.45) is 0 Å². The van der Waals surface area contributed by atoms with Crippen molar-refractivity contribution in [2.45, 2.75) is 6.18 Å². The van der Waals surface area contributed by atoms with E-state index >= 15 is 0 Å². The minimum absolute atomic E-state index is 0.0384. The zero-order valence-electron chi connectivity index (χ0n) is 11.6. The first-order valence-electron chi connectivity index (χ1n) is 6.12. The molecule has 0 fully saturated rings. The highest BCUT2D eigenvalue weighted by molar-refractivity contribution is 7.92. The van der Waals surface area contributed by atoms with Gasteiger partial charge in [0.1, 0.15) is 5.82 Å². The van der Waals surface area contributed by atoms with Gasteiger partial charge in [-0.1, -0.05) is 11.6 Å². The lowest BCUT2D eigenvalue weighted by molar-refractivity contribution is -0.136. The summed E-state index contributed by atoms with van der Waals surface area (Å²) in [4.78, 5) is 3.87. The van der Waals surface area contributed by atoms with Crippen LogP contribution in [-0.4, -0.2) is 19.7 Å². The van der Waals surface area contributed by atoms with E-state index in [-0.39, 0.29) is 22.2 Å². The van der Waals surface area contributed by atoms with Gasteiger partial charge in [0.25, 0.3) is 0 Å². The van der Waals surface area contributed by atoms with Gasteiger partial charge in [0.05, 0.1) is 29.4 Å². The molecular weight excluding hydrogens is 355 g/mol. The standard InChI is InChI=1S/C13H11ClF3N3O2S/c1-23(21,22)20-9-3-5-12(18-7-9)19-11-4-2-8(14)6-10(11)13(15,16)17/h2-7,20H,1H3,(H,18,19). The van der Waals surface area contributed by atoms with Gasteiger partial charge in [-0.3, -0.25) is 4.72 Å². The molecule has 124 valence electrons. The van der Waals surface area contributed by atoms with Crippen molar-refractivity contribution in [2.75, 3.05) is 16.3 Å². The fraction of sp³-hybridized carbons (Fsp3) is 0.154. The molecule has 1 heterocycles. The summed E-state index contributed by atoms with van der Waals surface area (Å²) in [6.07, 6.45) is -2.42. The van der Waals surface area contributed by atoms with Crippen LogP contribution in [0.1, 0.15) is 5.56 Å². The van der Waals surface area contributed by atoms with Crippen molar-refractivity contribution in [1.82, 2.24) is 4.98 Å². The van der Waals surface area contributed by atoms with Crippen LogP contribution in [0, 0.1) is 0 Å². The molecule has 0 saturated carbocycles. The van der Waals surface area contributed by atoms with Crippen molar-refractivity contribution < 1.29 is 21.6 Å². The Labute approximate surface area is 135 Å². The van der Waals surface area contributed by atoms with Gasteiger partial charge >= 0.3 is 6.18 Å². The summed E-state index contributed by atoms with van der Waals surface area (Å²) < 4.78 is 63.3. The maximum absolute atomic E-state index is 13.0. The van der Waals surface area contributed by atoms with Crippen LogP contribution in [0.4, 0.5) is 30.4 Å². The summed E-state index contributed by atoms with van der Waals surface area (Å²) in [6.45, 7) is 0. The number of anilines is 3. The van der Waals surface area contributed by atoms with Crippen molar-refractivity contribution >= 4 is 38.8 Å². The average molecular weight is 366 g/mol. The highest BCUT2D eigenvalue weighted by Crippen LogP contribution is 2.37. The molecule has 0 radical (unpaired) electrons. The summed E-state index contributed by atoms with van der Waals surface area (Å²) >= 11 is 5.60. The highest BCUT2D eigenvalue weighted by Gasteiger charge is 2.33. The van der Waals surface area contributed by atoms with E-state index in [1.807, 2.05) is 0 Å². The van der Waals surface area contributed by atoms with Crippen molar-refractivity contribution in [3.05, 3.63) is 47.1 Å².